The summed E-state index contributed by atoms with van der Waals surface area (Å²) in [5.41, 5.74) is 7.99. The Kier molecular flexibility index (Phi) is 9.90. The second-order valence-electron chi connectivity index (χ2n) is 7.08. The summed E-state index contributed by atoms with van der Waals surface area (Å²) in [4.78, 5) is 14.9. The molecule has 0 bridgehead atoms. The first kappa shape index (κ1) is 23.2. The first-order valence-electron chi connectivity index (χ1n) is 9.08. The standard InChI is InChI=1S/C19H29N3O2.2ClH/c20-15-19(7-1-2-8-19)18(23)21-13-16-3-5-17(6-4-16)14-22-9-11-24-12-10-22;;/h3-6H,1-2,7-15,20H2,(H,21,23);2*1H. The molecule has 5 nitrogen and oxygen atoms in total. The fourth-order valence-electron chi connectivity index (χ4n) is 3.73. The van der Waals surface area contributed by atoms with E-state index in [4.69, 9.17) is 10.5 Å². The van der Waals surface area contributed by atoms with Crippen molar-refractivity contribution in [1.29, 1.82) is 0 Å². The molecular weight excluding hydrogens is 373 g/mol. The average Bonchev–Trinajstić information content (AvgIpc) is 3.12. The predicted octanol–water partition coefficient (Wildman–Crippen LogP) is 2.50. The van der Waals surface area contributed by atoms with E-state index in [0.29, 0.717) is 13.1 Å². The number of hydrogen-bond donors (Lipinski definition) is 2. The SMILES string of the molecule is Cl.Cl.NCC1(C(=O)NCc2ccc(CN3CCOCC3)cc2)CCCC1. The molecule has 7 heteroatoms. The number of nitrogens with one attached hydrogen (secondary N) is 1. The van der Waals surface area contributed by atoms with Gasteiger partial charge in [0, 0.05) is 32.7 Å². The van der Waals surface area contributed by atoms with Crippen molar-refractivity contribution in [1.82, 2.24) is 10.2 Å². The molecule has 1 aromatic carbocycles. The van der Waals surface area contributed by atoms with Crippen LogP contribution >= 0.6 is 24.8 Å². The van der Waals surface area contributed by atoms with Crippen LogP contribution in [0.1, 0.15) is 36.8 Å². The first-order valence-corrected chi connectivity index (χ1v) is 9.08. The molecule has 1 aliphatic carbocycles. The van der Waals surface area contributed by atoms with Crippen molar-refractivity contribution in [3.63, 3.8) is 0 Å². The van der Waals surface area contributed by atoms with E-state index >= 15 is 0 Å². The van der Waals surface area contributed by atoms with Crippen LogP contribution in [0.4, 0.5) is 0 Å². The number of halogens is 2. The van der Waals surface area contributed by atoms with Crippen LogP contribution in [0.5, 0.6) is 0 Å². The Morgan fingerprint density at radius 2 is 1.65 bits per heavy atom. The minimum absolute atomic E-state index is 0. The van der Waals surface area contributed by atoms with E-state index in [1.165, 1.54) is 5.56 Å². The second-order valence-corrected chi connectivity index (χ2v) is 7.08. The zero-order valence-electron chi connectivity index (χ0n) is 15.2. The minimum Gasteiger partial charge on any atom is -0.379 e. The molecule has 0 atom stereocenters. The summed E-state index contributed by atoms with van der Waals surface area (Å²) < 4.78 is 5.38. The van der Waals surface area contributed by atoms with Gasteiger partial charge in [-0.25, -0.2) is 0 Å². The highest BCUT2D eigenvalue weighted by Gasteiger charge is 2.39. The molecule has 1 aromatic rings. The third-order valence-electron chi connectivity index (χ3n) is 5.42. The van der Waals surface area contributed by atoms with Gasteiger partial charge >= 0.3 is 0 Å². The van der Waals surface area contributed by atoms with E-state index in [-0.39, 0.29) is 36.1 Å². The van der Waals surface area contributed by atoms with Gasteiger partial charge in [0.1, 0.15) is 0 Å². The summed E-state index contributed by atoms with van der Waals surface area (Å²) in [6, 6.07) is 8.54. The molecule has 1 amide bonds. The lowest BCUT2D eigenvalue weighted by molar-refractivity contribution is -0.130. The molecule has 0 unspecified atom stereocenters. The molecule has 1 aliphatic heterocycles. The molecule has 1 saturated carbocycles. The van der Waals surface area contributed by atoms with Crippen LogP contribution in [0.2, 0.25) is 0 Å². The molecule has 2 aliphatic rings. The fraction of sp³-hybridized carbons (Fsp3) is 0.632. The summed E-state index contributed by atoms with van der Waals surface area (Å²) in [6.07, 6.45) is 4.07. The van der Waals surface area contributed by atoms with Gasteiger partial charge in [-0.2, -0.15) is 0 Å². The van der Waals surface area contributed by atoms with E-state index in [0.717, 1.165) is 64.1 Å². The van der Waals surface area contributed by atoms with Crippen molar-refractivity contribution in [3.05, 3.63) is 35.4 Å². The molecule has 0 spiro atoms. The van der Waals surface area contributed by atoms with Crippen molar-refractivity contribution < 1.29 is 9.53 Å². The molecule has 3 rings (SSSR count). The molecule has 1 heterocycles. The lowest BCUT2D eigenvalue weighted by atomic mass is 9.85. The third-order valence-corrected chi connectivity index (χ3v) is 5.42. The number of carbonyl (C=O) groups excluding carboxylic acids is 1. The number of hydrogen-bond acceptors (Lipinski definition) is 4. The van der Waals surface area contributed by atoms with E-state index in [1.807, 2.05) is 0 Å². The Labute approximate surface area is 168 Å². The van der Waals surface area contributed by atoms with Gasteiger partial charge in [0.05, 0.1) is 18.6 Å². The van der Waals surface area contributed by atoms with E-state index in [9.17, 15) is 4.79 Å². The molecule has 26 heavy (non-hydrogen) atoms. The monoisotopic (exact) mass is 403 g/mol. The Balaban J connectivity index is 0.00000169. The second kappa shape index (κ2) is 11.1. The van der Waals surface area contributed by atoms with Crippen LogP contribution in [-0.4, -0.2) is 43.7 Å². The molecule has 0 aromatic heterocycles. The summed E-state index contributed by atoms with van der Waals surface area (Å²) >= 11 is 0. The van der Waals surface area contributed by atoms with Crippen molar-refractivity contribution in [2.24, 2.45) is 11.1 Å². The van der Waals surface area contributed by atoms with Gasteiger partial charge in [-0.3, -0.25) is 9.69 Å². The predicted molar refractivity (Wildman–Crippen MR) is 109 cm³/mol. The van der Waals surface area contributed by atoms with Crippen LogP contribution < -0.4 is 11.1 Å². The normalized spacial score (nSPS) is 19.3. The summed E-state index contributed by atoms with van der Waals surface area (Å²) in [6.45, 7) is 5.65. The lowest BCUT2D eigenvalue weighted by Gasteiger charge is -2.26. The molecular formula is C19H31Cl2N3O2. The third kappa shape index (κ3) is 5.83. The van der Waals surface area contributed by atoms with Gasteiger partial charge in [0.25, 0.3) is 0 Å². The number of benzene rings is 1. The molecule has 2 fully saturated rings. The first-order chi connectivity index (χ1) is 11.7. The Bertz CT molecular complexity index is 542. The van der Waals surface area contributed by atoms with Crippen LogP contribution in [-0.2, 0) is 22.6 Å². The van der Waals surface area contributed by atoms with Crippen LogP contribution in [0, 0.1) is 5.41 Å². The zero-order chi connectivity index (χ0) is 16.8. The minimum atomic E-state index is -0.323. The quantitative estimate of drug-likeness (QED) is 0.765. The van der Waals surface area contributed by atoms with Gasteiger partial charge in [-0.05, 0) is 24.0 Å². The van der Waals surface area contributed by atoms with E-state index < -0.39 is 0 Å². The highest BCUT2D eigenvalue weighted by Crippen LogP contribution is 2.37. The number of carbonyl (C=O) groups is 1. The molecule has 3 N–H and O–H groups in total. The maximum atomic E-state index is 12.5. The van der Waals surface area contributed by atoms with E-state index in [2.05, 4.69) is 34.5 Å². The Hall–Kier alpha value is -0.850. The Morgan fingerprint density at radius 3 is 2.23 bits per heavy atom. The molecule has 1 saturated heterocycles. The van der Waals surface area contributed by atoms with Crippen LogP contribution in [0.3, 0.4) is 0 Å². The average molecular weight is 404 g/mol. The largest absolute Gasteiger partial charge is 0.379 e. The number of rotatable bonds is 6. The molecule has 0 radical (unpaired) electrons. The topological polar surface area (TPSA) is 67.6 Å². The van der Waals surface area contributed by atoms with Gasteiger partial charge in [-0.1, -0.05) is 37.1 Å². The van der Waals surface area contributed by atoms with Crippen molar-refractivity contribution in [3.8, 4) is 0 Å². The smallest absolute Gasteiger partial charge is 0.227 e. The van der Waals surface area contributed by atoms with Gasteiger partial charge < -0.3 is 15.8 Å². The fourth-order valence-corrected chi connectivity index (χ4v) is 3.73. The van der Waals surface area contributed by atoms with Crippen LogP contribution in [0.25, 0.3) is 0 Å². The summed E-state index contributed by atoms with van der Waals surface area (Å²) in [7, 11) is 0. The Morgan fingerprint density at radius 1 is 1.08 bits per heavy atom. The lowest BCUT2D eigenvalue weighted by Crippen LogP contribution is -2.43. The number of morpholine rings is 1. The van der Waals surface area contributed by atoms with Gasteiger partial charge in [-0.15, -0.1) is 24.8 Å². The van der Waals surface area contributed by atoms with Crippen molar-refractivity contribution in [2.45, 2.75) is 38.8 Å². The maximum absolute atomic E-state index is 12.5. The van der Waals surface area contributed by atoms with E-state index in [1.54, 1.807) is 0 Å². The summed E-state index contributed by atoms with van der Waals surface area (Å²) in [5, 5.41) is 3.09. The number of nitrogens with two attached hydrogens (primary N) is 1. The van der Waals surface area contributed by atoms with Crippen LogP contribution in [0.15, 0.2) is 24.3 Å². The van der Waals surface area contributed by atoms with Crippen molar-refractivity contribution in [2.75, 3.05) is 32.8 Å². The van der Waals surface area contributed by atoms with Gasteiger partial charge in [0.15, 0.2) is 0 Å². The maximum Gasteiger partial charge on any atom is 0.227 e. The molecule has 148 valence electrons. The van der Waals surface area contributed by atoms with Gasteiger partial charge in [0.2, 0.25) is 5.91 Å². The summed E-state index contributed by atoms with van der Waals surface area (Å²) in [5.74, 6) is 0.125. The zero-order valence-corrected chi connectivity index (χ0v) is 16.9. The highest BCUT2D eigenvalue weighted by molar-refractivity contribution is 5.85. The number of nitrogens with zero attached hydrogens (tertiary/aromatic N) is 1. The highest BCUT2D eigenvalue weighted by atomic mass is 35.5. The number of amides is 1. The van der Waals surface area contributed by atoms with Crippen molar-refractivity contribution >= 4 is 30.7 Å². The number of ether oxygens (including phenoxy) is 1.